The van der Waals surface area contributed by atoms with Gasteiger partial charge in [-0.2, -0.15) is 0 Å². The lowest BCUT2D eigenvalue weighted by Crippen LogP contribution is -2.40. The van der Waals surface area contributed by atoms with Crippen LogP contribution >= 0.6 is 0 Å². The fourth-order valence-electron chi connectivity index (χ4n) is 1.83. The van der Waals surface area contributed by atoms with Gasteiger partial charge in [0, 0.05) is 13.5 Å². The number of likely N-dealkylation sites (tertiary alicyclic amines) is 1. The van der Waals surface area contributed by atoms with Crippen LogP contribution in [0.15, 0.2) is 0 Å². The zero-order valence-corrected chi connectivity index (χ0v) is 10.2. The van der Waals surface area contributed by atoms with Crippen molar-refractivity contribution in [2.75, 3.05) is 13.7 Å². The fourth-order valence-corrected chi connectivity index (χ4v) is 1.83. The molecule has 1 N–H and O–H groups in total. The molecule has 0 aromatic rings. The van der Waals surface area contributed by atoms with E-state index in [9.17, 15) is 14.4 Å². The summed E-state index contributed by atoms with van der Waals surface area (Å²) in [5.41, 5.74) is -0.696. The summed E-state index contributed by atoms with van der Waals surface area (Å²) in [5.74, 6) is -1.56. The summed E-state index contributed by atoms with van der Waals surface area (Å²) in [6.07, 6.45) is -0.724. The predicted molar refractivity (Wildman–Crippen MR) is 58.2 cm³/mol. The number of carbonyl (C=O) groups excluding carboxylic acids is 2. The van der Waals surface area contributed by atoms with Crippen molar-refractivity contribution in [3.05, 3.63) is 0 Å². The molecule has 0 aromatic carbocycles. The molecule has 6 heteroatoms. The number of nitrogens with zero attached hydrogens (tertiary/aromatic N) is 1. The fraction of sp³-hybridized carbons (Fsp3) is 0.727. The van der Waals surface area contributed by atoms with Crippen LogP contribution in [0, 0.1) is 5.41 Å². The topological polar surface area (TPSA) is 83.9 Å². The third-order valence-electron chi connectivity index (χ3n) is 2.84. The van der Waals surface area contributed by atoms with Crippen LogP contribution < -0.4 is 0 Å². The third kappa shape index (κ3) is 3.03. The van der Waals surface area contributed by atoms with E-state index in [-0.39, 0.29) is 31.2 Å². The lowest BCUT2D eigenvalue weighted by molar-refractivity contribution is -0.146. The molecule has 0 spiro atoms. The van der Waals surface area contributed by atoms with Gasteiger partial charge in [-0.05, 0) is 0 Å². The SMILES string of the molecule is COC(CC(=O)O)CN1C(=O)CC(C)(C)C1=O. The molecule has 0 aliphatic carbocycles. The molecule has 17 heavy (non-hydrogen) atoms. The molecule has 0 saturated carbocycles. The Kier molecular flexibility index (Phi) is 3.87. The highest BCUT2D eigenvalue weighted by Crippen LogP contribution is 2.31. The van der Waals surface area contributed by atoms with Gasteiger partial charge in [0.15, 0.2) is 0 Å². The van der Waals surface area contributed by atoms with Crippen molar-refractivity contribution in [1.29, 1.82) is 0 Å². The molecular weight excluding hydrogens is 226 g/mol. The first-order valence-corrected chi connectivity index (χ1v) is 5.37. The van der Waals surface area contributed by atoms with E-state index in [2.05, 4.69) is 0 Å². The van der Waals surface area contributed by atoms with Crippen molar-refractivity contribution < 1.29 is 24.2 Å². The van der Waals surface area contributed by atoms with Gasteiger partial charge in [-0.3, -0.25) is 19.3 Å². The molecule has 0 bridgehead atoms. The number of carboxylic acid groups (broad SMARTS) is 1. The Morgan fingerprint density at radius 1 is 1.53 bits per heavy atom. The van der Waals surface area contributed by atoms with Crippen molar-refractivity contribution >= 4 is 17.8 Å². The number of ether oxygens (including phenoxy) is 1. The summed E-state index contributed by atoms with van der Waals surface area (Å²) in [5, 5.41) is 8.66. The quantitative estimate of drug-likeness (QED) is 0.700. The number of rotatable bonds is 5. The molecule has 96 valence electrons. The summed E-state index contributed by atoms with van der Waals surface area (Å²) in [7, 11) is 1.36. The molecule has 1 saturated heterocycles. The minimum Gasteiger partial charge on any atom is -0.481 e. The maximum Gasteiger partial charge on any atom is 0.306 e. The number of amides is 2. The van der Waals surface area contributed by atoms with Gasteiger partial charge in [0.25, 0.3) is 0 Å². The van der Waals surface area contributed by atoms with E-state index in [1.54, 1.807) is 13.8 Å². The first-order chi connectivity index (χ1) is 7.77. The van der Waals surface area contributed by atoms with Crippen molar-refractivity contribution in [2.24, 2.45) is 5.41 Å². The lowest BCUT2D eigenvalue weighted by atomic mass is 9.92. The van der Waals surface area contributed by atoms with Gasteiger partial charge in [0.05, 0.1) is 24.5 Å². The highest BCUT2D eigenvalue weighted by Gasteiger charge is 2.45. The van der Waals surface area contributed by atoms with Crippen molar-refractivity contribution in [1.82, 2.24) is 4.90 Å². The average Bonchev–Trinajstić information content (AvgIpc) is 2.38. The van der Waals surface area contributed by atoms with E-state index in [1.165, 1.54) is 7.11 Å². The summed E-state index contributed by atoms with van der Waals surface area (Å²) in [6.45, 7) is 3.41. The largest absolute Gasteiger partial charge is 0.481 e. The standard InChI is InChI=1S/C11H17NO5/c1-11(2)5-8(13)12(10(11)16)6-7(17-3)4-9(14)15/h7H,4-6H2,1-3H3,(H,14,15). The second kappa shape index (κ2) is 4.83. The normalized spacial score (nSPS) is 20.8. The molecule has 6 nitrogen and oxygen atoms in total. The maximum atomic E-state index is 11.9. The molecule has 1 unspecified atom stereocenters. The molecular formula is C11H17NO5. The monoisotopic (exact) mass is 243 g/mol. The van der Waals surface area contributed by atoms with Gasteiger partial charge in [-0.25, -0.2) is 0 Å². The van der Waals surface area contributed by atoms with Crippen LogP contribution in [0.1, 0.15) is 26.7 Å². The second-order valence-corrected chi connectivity index (χ2v) is 4.83. The van der Waals surface area contributed by atoms with Gasteiger partial charge in [0.1, 0.15) is 0 Å². The molecule has 0 radical (unpaired) electrons. The zero-order valence-electron chi connectivity index (χ0n) is 10.2. The minimum atomic E-state index is -1.02. The highest BCUT2D eigenvalue weighted by atomic mass is 16.5. The van der Waals surface area contributed by atoms with E-state index in [0.29, 0.717) is 0 Å². The van der Waals surface area contributed by atoms with Gasteiger partial charge in [-0.15, -0.1) is 0 Å². The van der Waals surface area contributed by atoms with Crippen molar-refractivity contribution in [3.63, 3.8) is 0 Å². The summed E-state index contributed by atoms with van der Waals surface area (Å²) < 4.78 is 4.96. The first-order valence-electron chi connectivity index (χ1n) is 5.37. The number of carbonyl (C=O) groups is 3. The summed E-state index contributed by atoms with van der Waals surface area (Å²) in [4.78, 5) is 35.2. The number of carboxylic acids is 1. The Hall–Kier alpha value is -1.43. The Labute approximate surface area is 99.5 Å². The molecule has 1 aliphatic heterocycles. The predicted octanol–water partition coefficient (Wildman–Crippen LogP) is 0.261. The minimum absolute atomic E-state index is 0.00387. The Morgan fingerprint density at radius 3 is 2.47 bits per heavy atom. The Morgan fingerprint density at radius 2 is 2.12 bits per heavy atom. The van der Waals surface area contributed by atoms with E-state index >= 15 is 0 Å². The van der Waals surface area contributed by atoms with E-state index in [4.69, 9.17) is 9.84 Å². The van der Waals surface area contributed by atoms with Crippen LogP contribution in [0.2, 0.25) is 0 Å². The number of imide groups is 1. The van der Waals surface area contributed by atoms with Crippen LogP contribution in [0.25, 0.3) is 0 Å². The summed E-state index contributed by atoms with van der Waals surface area (Å²) >= 11 is 0. The smallest absolute Gasteiger partial charge is 0.306 e. The highest BCUT2D eigenvalue weighted by molar-refractivity contribution is 6.05. The molecule has 1 aliphatic rings. The Bertz CT molecular complexity index is 350. The van der Waals surface area contributed by atoms with Crippen LogP contribution in [0.3, 0.4) is 0 Å². The number of hydrogen-bond donors (Lipinski definition) is 1. The molecule has 1 heterocycles. The van der Waals surface area contributed by atoms with Crippen LogP contribution in [0.5, 0.6) is 0 Å². The molecule has 0 aromatic heterocycles. The second-order valence-electron chi connectivity index (χ2n) is 4.83. The maximum absolute atomic E-state index is 11.9. The van der Waals surface area contributed by atoms with Crippen LogP contribution in [0.4, 0.5) is 0 Å². The number of methoxy groups -OCH3 is 1. The van der Waals surface area contributed by atoms with Crippen molar-refractivity contribution in [2.45, 2.75) is 32.8 Å². The van der Waals surface area contributed by atoms with E-state index < -0.39 is 17.5 Å². The number of aliphatic carboxylic acids is 1. The molecule has 1 rings (SSSR count). The van der Waals surface area contributed by atoms with Gasteiger partial charge in [0.2, 0.25) is 11.8 Å². The molecule has 2 amide bonds. The Balaban J connectivity index is 2.71. The van der Waals surface area contributed by atoms with Gasteiger partial charge in [-0.1, -0.05) is 13.8 Å². The van der Waals surface area contributed by atoms with Crippen LogP contribution in [-0.2, 0) is 19.1 Å². The van der Waals surface area contributed by atoms with E-state index in [0.717, 1.165) is 4.90 Å². The molecule has 1 fully saturated rings. The lowest BCUT2D eigenvalue weighted by Gasteiger charge is -2.22. The van der Waals surface area contributed by atoms with Crippen molar-refractivity contribution in [3.8, 4) is 0 Å². The number of hydrogen-bond acceptors (Lipinski definition) is 4. The summed E-state index contributed by atoms with van der Waals surface area (Å²) in [6, 6.07) is 0. The first kappa shape index (κ1) is 13.6. The van der Waals surface area contributed by atoms with E-state index in [1.807, 2.05) is 0 Å². The zero-order chi connectivity index (χ0) is 13.2. The van der Waals surface area contributed by atoms with Gasteiger partial charge < -0.3 is 9.84 Å². The van der Waals surface area contributed by atoms with Gasteiger partial charge >= 0.3 is 5.97 Å². The third-order valence-corrected chi connectivity index (χ3v) is 2.84. The molecule has 1 atom stereocenters. The average molecular weight is 243 g/mol. The van der Waals surface area contributed by atoms with Crippen LogP contribution in [-0.4, -0.2) is 47.5 Å².